The third-order valence-electron chi connectivity index (χ3n) is 2.64. The standard InChI is InChI=1S/C11H13NS2/c1-6-7(2)10(14-9(6)4)11-8(3)12-5-13-11/h5H,1-4H3. The number of rotatable bonds is 1. The van der Waals surface area contributed by atoms with Crippen LogP contribution in [-0.4, -0.2) is 4.98 Å². The average Bonchev–Trinajstić information content (AvgIpc) is 2.66. The smallest absolute Gasteiger partial charge is 0.0801 e. The van der Waals surface area contributed by atoms with Crippen LogP contribution >= 0.6 is 22.7 Å². The summed E-state index contributed by atoms with van der Waals surface area (Å²) < 4.78 is 0. The van der Waals surface area contributed by atoms with Crippen molar-refractivity contribution >= 4 is 22.7 Å². The van der Waals surface area contributed by atoms with Gasteiger partial charge in [0.25, 0.3) is 0 Å². The van der Waals surface area contributed by atoms with Crippen LogP contribution in [0.5, 0.6) is 0 Å². The fourth-order valence-electron chi connectivity index (χ4n) is 1.48. The topological polar surface area (TPSA) is 12.9 Å². The summed E-state index contributed by atoms with van der Waals surface area (Å²) in [7, 11) is 0. The maximum absolute atomic E-state index is 4.30. The molecular weight excluding hydrogens is 210 g/mol. The van der Waals surface area contributed by atoms with Crippen molar-refractivity contribution in [2.24, 2.45) is 0 Å². The molecule has 2 aromatic heterocycles. The second-order valence-electron chi connectivity index (χ2n) is 3.50. The normalized spacial score (nSPS) is 10.9. The van der Waals surface area contributed by atoms with E-state index in [2.05, 4.69) is 32.7 Å². The number of thiophene rings is 1. The molecule has 0 saturated heterocycles. The van der Waals surface area contributed by atoms with Crippen LogP contribution in [0.2, 0.25) is 0 Å². The molecule has 0 bridgehead atoms. The molecule has 0 fully saturated rings. The highest BCUT2D eigenvalue weighted by atomic mass is 32.1. The third kappa shape index (κ3) is 1.41. The van der Waals surface area contributed by atoms with Gasteiger partial charge in [0.2, 0.25) is 0 Å². The van der Waals surface area contributed by atoms with E-state index in [-0.39, 0.29) is 0 Å². The van der Waals surface area contributed by atoms with E-state index in [0.29, 0.717) is 0 Å². The maximum Gasteiger partial charge on any atom is 0.0801 e. The first kappa shape index (κ1) is 9.87. The number of aryl methyl sites for hydroxylation is 2. The lowest BCUT2D eigenvalue weighted by atomic mass is 10.1. The summed E-state index contributed by atoms with van der Waals surface area (Å²) in [5, 5.41) is 0. The molecule has 0 saturated carbocycles. The van der Waals surface area contributed by atoms with Crippen LogP contribution in [0.4, 0.5) is 0 Å². The highest BCUT2D eigenvalue weighted by Gasteiger charge is 2.13. The molecule has 2 heterocycles. The van der Waals surface area contributed by atoms with Gasteiger partial charge < -0.3 is 0 Å². The molecule has 0 aromatic carbocycles. The van der Waals surface area contributed by atoms with Crippen LogP contribution in [0.15, 0.2) is 5.51 Å². The molecule has 0 unspecified atom stereocenters. The fourth-order valence-corrected chi connectivity index (χ4v) is 3.70. The number of aromatic nitrogens is 1. The Morgan fingerprint density at radius 2 is 1.71 bits per heavy atom. The maximum atomic E-state index is 4.30. The molecule has 0 amide bonds. The minimum atomic E-state index is 1.15. The summed E-state index contributed by atoms with van der Waals surface area (Å²) in [4.78, 5) is 8.46. The van der Waals surface area contributed by atoms with Gasteiger partial charge in [0, 0.05) is 9.75 Å². The number of hydrogen-bond acceptors (Lipinski definition) is 3. The molecule has 0 aliphatic carbocycles. The summed E-state index contributed by atoms with van der Waals surface area (Å²) in [5.74, 6) is 0. The van der Waals surface area contributed by atoms with Crippen molar-refractivity contribution in [1.82, 2.24) is 4.98 Å². The third-order valence-corrected chi connectivity index (χ3v) is 5.04. The Kier molecular flexibility index (Phi) is 2.45. The molecule has 3 heteroatoms. The Morgan fingerprint density at radius 3 is 2.14 bits per heavy atom. The molecule has 0 aliphatic rings. The SMILES string of the molecule is Cc1ncsc1-c1sc(C)c(C)c1C. The van der Waals surface area contributed by atoms with Crippen LogP contribution in [0, 0.1) is 27.7 Å². The first-order chi connectivity index (χ1) is 6.61. The molecule has 14 heavy (non-hydrogen) atoms. The Hall–Kier alpha value is -0.670. The van der Waals surface area contributed by atoms with E-state index in [1.54, 1.807) is 11.3 Å². The van der Waals surface area contributed by atoms with E-state index in [4.69, 9.17) is 0 Å². The summed E-state index contributed by atoms with van der Waals surface area (Å²) in [6.45, 7) is 8.66. The van der Waals surface area contributed by atoms with Gasteiger partial charge in [-0.15, -0.1) is 22.7 Å². The van der Waals surface area contributed by atoms with Crippen molar-refractivity contribution in [3.8, 4) is 9.75 Å². The van der Waals surface area contributed by atoms with Crippen molar-refractivity contribution in [3.63, 3.8) is 0 Å². The summed E-state index contributed by atoms with van der Waals surface area (Å²) >= 11 is 3.62. The lowest BCUT2D eigenvalue weighted by Gasteiger charge is -1.96. The number of hydrogen-bond donors (Lipinski definition) is 0. The first-order valence-electron chi connectivity index (χ1n) is 4.58. The molecule has 0 spiro atoms. The van der Waals surface area contributed by atoms with Gasteiger partial charge in [0.05, 0.1) is 16.1 Å². The second kappa shape index (κ2) is 3.48. The predicted octanol–water partition coefficient (Wildman–Crippen LogP) is 4.11. The first-order valence-corrected chi connectivity index (χ1v) is 6.28. The molecule has 1 nitrogen and oxygen atoms in total. The van der Waals surface area contributed by atoms with Crippen LogP contribution in [0.1, 0.15) is 21.7 Å². The van der Waals surface area contributed by atoms with Crippen molar-refractivity contribution < 1.29 is 0 Å². The van der Waals surface area contributed by atoms with Crippen molar-refractivity contribution in [3.05, 3.63) is 27.2 Å². The molecular formula is C11H13NS2. The zero-order valence-corrected chi connectivity index (χ0v) is 10.5. The van der Waals surface area contributed by atoms with Gasteiger partial charge in [-0.1, -0.05) is 0 Å². The van der Waals surface area contributed by atoms with E-state index in [1.165, 1.54) is 25.8 Å². The summed E-state index contributed by atoms with van der Waals surface area (Å²) in [5.41, 5.74) is 5.92. The number of thiazole rings is 1. The number of nitrogens with zero attached hydrogens (tertiary/aromatic N) is 1. The van der Waals surface area contributed by atoms with Crippen molar-refractivity contribution in [1.29, 1.82) is 0 Å². The van der Waals surface area contributed by atoms with E-state index in [9.17, 15) is 0 Å². The molecule has 74 valence electrons. The fraction of sp³-hybridized carbons (Fsp3) is 0.364. The quantitative estimate of drug-likeness (QED) is 0.709. The van der Waals surface area contributed by atoms with Crippen molar-refractivity contribution in [2.45, 2.75) is 27.7 Å². The Labute approximate surface area is 92.4 Å². The van der Waals surface area contributed by atoms with Gasteiger partial charge in [0.15, 0.2) is 0 Å². The minimum Gasteiger partial charge on any atom is -0.249 e. The minimum absolute atomic E-state index is 1.15. The summed E-state index contributed by atoms with van der Waals surface area (Å²) in [6, 6.07) is 0. The van der Waals surface area contributed by atoms with E-state index < -0.39 is 0 Å². The molecule has 0 N–H and O–H groups in total. The lowest BCUT2D eigenvalue weighted by molar-refractivity contribution is 1.27. The van der Waals surface area contributed by atoms with Gasteiger partial charge in [-0.3, -0.25) is 0 Å². The van der Waals surface area contributed by atoms with Gasteiger partial charge in [-0.25, -0.2) is 4.98 Å². The summed E-state index contributed by atoms with van der Waals surface area (Å²) in [6.07, 6.45) is 0. The highest BCUT2D eigenvalue weighted by molar-refractivity contribution is 7.21. The van der Waals surface area contributed by atoms with E-state index >= 15 is 0 Å². The Bertz CT molecular complexity index is 466. The van der Waals surface area contributed by atoms with Gasteiger partial charge in [-0.05, 0) is 38.8 Å². The molecule has 0 atom stereocenters. The molecule has 2 rings (SSSR count). The van der Waals surface area contributed by atoms with Crippen molar-refractivity contribution in [2.75, 3.05) is 0 Å². The highest BCUT2D eigenvalue weighted by Crippen LogP contribution is 2.38. The zero-order chi connectivity index (χ0) is 10.3. The van der Waals surface area contributed by atoms with Crippen LogP contribution in [-0.2, 0) is 0 Å². The molecule has 2 aromatic rings. The monoisotopic (exact) mass is 223 g/mol. The molecule has 0 radical (unpaired) electrons. The Morgan fingerprint density at radius 1 is 1.00 bits per heavy atom. The van der Waals surface area contributed by atoms with Gasteiger partial charge >= 0.3 is 0 Å². The Balaban J connectivity index is 2.63. The van der Waals surface area contributed by atoms with E-state index in [1.807, 2.05) is 16.8 Å². The van der Waals surface area contributed by atoms with Crippen LogP contribution in [0.3, 0.4) is 0 Å². The second-order valence-corrected chi connectivity index (χ2v) is 5.58. The van der Waals surface area contributed by atoms with Gasteiger partial charge in [-0.2, -0.15) is 0 Å². The molecule has 0 aliphatic heterocycles. The largest absolute Gasteiger partial charge is 0.249 e. The lowest BCUT2D eigenvalue weighted by Crippen LogP contribution is -1.78. The van der Waals surface area contributed by atoms with E-state index in [0.717, 1.165) is 5.69 Å². The zero-order valence-electron chi connectivity index (χ0n) is 8.84. The van der Waals surface area contributed by atoms with Crippen LogP contribution in [0.25, 0.3) is 9.75 Å². The van der Waals surface area contributed by atoms with Gasteiger partial charge in [0.1, 0.15) is 0 Å². The predicted molar refractivity (Wildman–Crippen MR) is 64.4 cm³/mol. The average molecular weight is 223 g/mol. The van der Waals surface area contributed by atoms with Crippen LogP contribution < -0.4 is 0 Å².